The van der Waals surface area contributed by atoms with Gasteiger partial charge in [0, 0.05) is 12.1 Å². The van der Waals surface area contributed by atoms with E-state index in [9.17, 15) is 11.0 Å². The van der Waals surface area contributed by atoms with Gasteiger partial charge in [0.1, 0.15) is 0 Å². The molecule has 0 aromatic heterocycles. The first-order valence-corrected chi connectivity index (χ1v) is 25.4. The Labute approximate surface area is 431 Å². The Morgan fingerprint density at radius 3 is 0.923 bits per heavy atom. The second-order valence-corrected chi connectivity index (χ2v) is 23.3. The fraction of sp³-hybridized carbons (Fsp3) is 0.0164. The van der Waals surface area contributed by atoms with E-state index in [0.29, 0.717) is 44.5 Å². The molecule has 0 unspecified atom stereocenters. The lowest BCUT2D eigenvalue weighted by molar-refractivity contribution is 0.794. The van der Waals surface area contributed by atoms with Gasteiger partial charge in [-0.1, -0.05) is 266 Å². The van der Waals surface area contributed by atoms with Crippen molar-refractivity contribution in [3.8, 4) is 44.5 Å². The molecule has 2 aliphatic carbocycles. The van der Waals surface area contributed by atoms with Crippen molar-refractivity contribution < 1.29 is 38.4 Å². The van der Waals surface area contributed by atoms with Crippen molar-refractivity contribution in [2.45, 2.75) is 5.41 Å². The molecule has 0 amide bonds. The van der Waals surface area contributed by atoms with E-state index in [1.54, 1.807) is 36.4 Å². The first kappa shape index (κ1) is 20.3. The maximum absolute atomic E-state index is 9.80. The van der Waals surface area contributed by atoms with Crippen molar-refractivity contribution in [3.63, 3.8) is 0 Å². The molecule has 0 saturated heterocycles. The zero-order valence-electron chi connectivity index (χ0n) is 61.3. The average molecular weight is 929 g/mol. The van der Waals surface area contributed by atoms with Crippen molar-refractivity contribution >= 4 is 67.5 Å². The summed E-state index contributed by atoms with van der Waals surface area (Å²) in [5.41, 5.74) is 3.27. The van der Waals surface area contributed by atoms with E-state index in [4.69, 9.17) is 51.0 Å². The Hall–Kier alpha value is -6.50. The van der Waals surface area contributed by atoms with Gasteiger partial charge >= 0.3 is 0 Å². The number of hydrogen-bond donors (Lipinski definition) is 0. The molecule has 0 heterocycles. The predicted octanol–water partition coefficient (Wildman–Crippen LogP) is 12.9. The summed E-state index contributed by atoms with van der Waals surface area (Å²) in [6.45, 7) is 0. The highest BCUT2D eigenvalue weighted by atomic mass is 32.4. The molecule has 0 N–H and O–H groups in total. The second-order valence-electron chi connectivity index (χ2n) is 14.9. The van der Waals surface area contributed by atoms with Gasteiger partial charge in [-0.2, -0.15) is 0 Å². The highest BCUT2D eigenvalue weighted by Gasteiger charge is 2.51. The molecule has 1 spiro atoms. The van der Waals surface area contributed by atoms with Crippen LogP contribution in [0.1, 0.15) is 60.6 Å². The summed E-state index contributed by atoms with van der Waals surface area (Å²) in [4.78, 5) is 0. The predicted molar refractivity (Wildman–Crippen MR) is 286 cm³/mol. The minimum absolute atomic E-state index is 0.0922. The van der Waals surface area contributed by atoms with Crippen LogP contribution in [-0.2, 0) is 29.0 Å². The summed E-state index contributed by atoms with van der Waals surface area (Å²) in [5, 5.41) is -4.51. The van der Waals surface area contributed by atoms with E-state index in [2.05, 4.69) is 0 Å². The molecule has 10 aromatic carbocycles. The zero-order chi connectivity index (χ0) is 68.0. The molecular formula is C61H42P2S2. The molecule has 0 fully saturated rings. The monoisotopic (exact) mass is 928 g/mol. The summed E-state index contributed by atoms with van der Waals surface area (Å²) in [6, 6.07) is -10.0. The third-order valence-corrected chi connectivity index (χ3v) is 20.1. The summed E-state index contributed by atoms with van der Waals surface area (Å²) in [6.07, 6.45) is 0. The molecule has 12 rings (SSSR count). The Balaban J connectivity index is 1.11. The Morgan fingerprint density at radius 2 is 0.585 bits per heavy atom. The van der Waals surface area contributed by atoms with Crippen molar-refractivity contribution in [1.82, 2.24) is 0 Å². The highest BCUT2D eigenvalue weighted by Crippen LogP contribution is 2.63. The van der Waals surface area contributed by atoms with Gasteiger partial charge in [0.25, 0.3) is 0 Å². The smallest absolute Gasteiger partial charge is 0.0725 e. The number of hydrogen-bond acceptors (Lipinski definition) is 2. The van der Waals surface area contributed by atoms with Gasteiger partial charge in [0.15, 0.2) is 0 Å². The Bertz CT molecular complexity index is 4600. The van der Waals surface area contributed by atoms with E-state index in [0.717, 1.165) is 0 Å². The quantitative estimate of drug-likeness (QED) is 0.139. The lowest BCUT2D eigenvalue weighted by Gasteiger charge is -2.31. The molecule has 65 heavy (non-hydrogen) atoms. The maximum Gasteiger partial charge on any atom is 0.0725 e. The summed E-state index contributed by atoms with van der Waals surface area (Å²) >= 11 is 12.6. The Morgan fingerprint density at radius 1 is 0.292 bits per heavy atom. The summed E-state index contributed by atoms with van der Waals surface area (Å²) in [5.74, 6) is 0. The lowest BCUT2D eigenvalue weighted by atomic mass is 9.70. The van der Waals surface area contributed by atoms with Crippen LogP contribution >= 0.6 is 12.1 Å². The summed E-state index contributed by atoms with van der Waals surface area (Å²) in [7, 11) is 0. The van der Waals surface area contributed by atoms with E-state index < -0.39 is 219 Å². The fourth-order valence-electron chi connectivity index (χ4n) is 8.94. The van der Waals surface area contributed by atoms with Crippen LogP contribution in [0.5, 0.6) is 0 Å². The van der Waals surface area contributed by atoms with Crippen molar-refractivity contribution in [2.24, 2.45) is 0 Å². The minimum Gasteiger partial charge on any atom is -0.0826 e. The molecule has 308 valence electrons. The van der Waals surface area contributed by atoms with Gasteiger partial charge < -0.3 is 0 Å². The molecule has 0 nitrogen and oxygen atoms in total. The van der Waals surface area contributed by atoms with Crippen molar-refractivity contribution in [1.29, 1.82) is 0 Å². The molecule has 10 aromatic rings. The first-order chi connectivity index (χ1) is 43.6. The highest BCUT2D eigenvalue weighted by molar-refractivity contribution is 8.26. The summed E-state index contributed by atoms with van der Waals surface area (Å²) < 4.78 is 254. The molecule has 0 saturated carbocycles. The molecular weight excluding hydrogens is 859 g/mol. The Kier molecular flexibility index (Phi) is 4.97. The number of benzene rings is 10. The first-order valence-electron chi connectivity index (χ1n) is 33.8. The third kappa shape index (κ3) is 6.16. The van der Waals surface area contributed by atoms with Gasteiger partial charge in [-0.15, -0.1) is 0 Å². The van der Waals surface area contributed by atoms with Gasteiger partial charge in [0.05, 0.1) is 43.8 Å². The van der Waals surface area contributed by atoms with Crippen LogP contribution in [0.4, 0.5) is 0 Å². The molecule has 0 bridgehead atoms. The fourth-order valence-corrected chi connectivity index (χ4v) is 14.5. The van der Waals surface area contributed by atoms with Gasteiger partial charge in [-0.25, -0.2) is 0 Å². The zero-order valence-corrected chi connectivity index (χ0v) is 36.7. The van der Waals surface area contributed by atoms with Crippen LogP contribution in [0.15, 0.2) is 254 Å². The standard InChI is InChI=1S/C61H42P2S2/c64-62(47-17-5-1-6-18-47,48-19-7-2-8-20-48)51-35-29-43(30-36-51)45-33-39-55-53-25-13-15-27-57(53)61(59(55)41-45)58-28-16-14-26-54(58)56-40-34-46(42-60(56)61)44-31-37-52(38-32-44)63(65,49-21-9-3-10-22-49)50-23-11-4-12-24-50/h1-42H/i1D,2D,3D,4D,5D,6D,7D,8D,9D,10D,11D,12D,17D,18D,19D,20D,21D,22D,23D,24D,29D,30D,31D,32D,35D,36D,37D,38D. The molecule has 0 atom stereocenters. The molecule has 0 aliphatic heterocycles. The van der Waals surface area contributed by atoms with E-state index >= 15 is 0 Å². The van der Waals surface area contributed by atoms with Crippen molar-refractivity contribution in [3.05, 3.63) is 276 Å². The van der Waals surface area contributed by atoms with Gasteiger partial charge in [-0.3, -0.25) is 0 Å². The van der Waals surface area contributed by atoms with Crippen LogP contribution < -0.4 is 31.8 Å². The average Bonchev–Trinajstić information content (AvgIpc) is 1.56. The largest absolute Gasteiger partial charge is 0.0826 e. The molecule has 0 radical (unpaired) electrons. The molecule has 2 aliphatic rings. The third-order valence-electron chi connectivity index (χ3n) is 11.7. The van der Waals surface area contributed by atoms with Crippen LogP contribution in [0, 0.1) is 0 Å². The number of fused-ring (bicyclic) bond motifs is 10. The molecule has 4 heteroatoms. The maximum atomic E-state index is 9.80. The van der Waals surface area contributed by atoms with E-state index in [-0.39, 0.29) is 22.3 Å². The van der Waals surface area contributed by atoms with Crippen LogP contribution in [0.3, 0.4) is 0 Å². The second kappa shape index (κ2) is 15.9. The SMILES string of the molecule is [2H]c1c([2H])c([2H])c(P(=S)(c2c([2H])c([2H])c([2H])c([2H])c2[2H])c2c([2H])c([2H])c(-c3ccc4c(c3)C3(c5ccccc5-4)c4ccccc4-c4ccc(-c5c([2H])c([2H])c(P(=S)(c6c([2H])c([2H])c([2H])c([2H])c6[2H])c6c([2H])c([2H])c([2H])c([2H])c6[2H])c([2H])c5[2H])cc43)c([2H])c2[2H])c([2H])c1[2H]. The normalized spacial score (nSPS) is 19.2. The van der Waals surface area contributed by atoms with Crippen LogP contribution in [0.25, 0.3) is 44.5 Å². The topological polar surface area (TPSA) is 0 Å². The van der Waals surface area contributed by atoms with Crippen LogP contribution in [-0.4, -0.2) is 0 Å². The van der Waals surface area contributed by atoms with Crippen LogP contribution in [0.2, 0.25) is 0 Å². The van der Waals surface area contributed by atoms with Crippen molar-refractivity contribution in [2.75, 3.05) is 0 Å². The lowest BCUT2D eigenvalue weighted by Crippen LogP contribution is -2.26. The van der Waals surface area contributed by atoms with E-state index in [1.165, 1.54) is 0 Å². The minimum atomic E-state index is -4.87. The number of rotatable bonds is 8. The van der Waals surface area contributed by atoms with Gasteiger partial charge in [0.2, 0.25) is 0 Å². The van der Waals surface area contributed by atoms with Gasteiger partial charge in [-0.05, 0) is 111 Å². The van der Waals surface area contributed by atoms with E-state index in [1.807, 2.05) is 48.5 Å².